The van der Waals surface area contributed by atoms with E-state index in [0.717, 1.165) is 16.8 Å². The highest BCUT2D eigenvalue weighted by molar-refractivity contribution is 5.95. The second kappa shape index (κ2) is 6.28. The lowest BCUT2D eigenvalue weighted by molar-refractivity contribution is 0.101. The summed E-state index contributed by atoms with van der Waals surface area (Å²) in [6, 6.07) is 31.1. The Kier molecular flexibility index (Phi) is 3.73. The van der Waals surface area contributed by atoms with Gasteiger partial charge < -0.3 is 0 Å². The summed E-state index contributed by atoms with van der Waals surface area (Å²) in [5.41, 5.74) is 7.05. The predicted molar refractivity (Wildman–Crippen MR) is 112 cm³/mol. The van der Waals surface area contributed by atoms with Crippen LogP contribution in [0.5, 0.6) is 0 Å². The second-order valence-corrected chi connectivity index (χ2v) is 7.19. The number of ketones is 1. The van der Waals surface area contributed by atoms with Gasteiger partial charge in [0.25, 0.3) is 0 Å². The maximum atomic E-state index is 12.1. The minimum Gasteiger partial charge on any atom is -0.295 e. The maximum Gasteiger partial charge on any atom is 0.159 e. The first-order valence-corrected chi connectivity index (χ1v) is 9.45. The average molecular weight is 361 g/mol. The fourth-order valence-corrected chi connectivity index (χ4v) is 4.53. The third-order valence-corrected chi connectivity index (χ3v) is 5.70. The molecule has 28 heavy (non-hydrogen) atoms. The molecule has 2 heteroatoms. The van der Waals surface area contributed by atoms with Crippen LogP contribution in [0.2, 0.25) is 0 Å². The molecule has 134 valence electrons. The number of carbonyl (C=O) groups excluding carboxylic acids is 1. The Bertz CT molecular complexity index is 1150. The number of aromatic nitrogens is 1. The lowest BCUT2D eigenvalue weighted by atomic mass is 9.69. The molecule has 1 heterocycles. The molecule has 0 saturated heterocycles. The first-order valence-electron chi connectivity index (χ1n) is 9.45. The van der Waals surface area contributed by atoms with Crippen LogP contribution in [-0.4, -0.2) is 10.8 Å². The molecule has 0 fully saturated rings. The van der Waals surface area contributed by atoms with Crippen molar-refractivity contribution in [3.63, 3.8) is 0 Å². The predicted octanol–water partition coefficient (Wildman–Crippen LogP) is 5.65. The molecule has 0 radical (unpaired) electrons. The second-order valence-electron chi connectivity index (χ2n) is 7.19. The molecule has 0 unspecified atom stereocenters. The van der Waals surface area contributed by atoms with Gasteiger partial charge in [-0.3, -0.25) is 9.78 Å². The maximum absolute atomic E-state index is 12.1. The third-order valence-electron chi connectivity index (χ3n) is 5.70. The summed E-state index contributed by atoms with van der Waals surface area (Å²) in [4.78, 5) is 16.9. The highest BCUT2D eigenvalue weighted by Crippen LogP contribution is 2.55. The van der Waals surface area contributed by atoms with Crippen molar-refractivity contribution in [2.45, 2.75) is 12.3 Å². The van der Waals surface area contributed by atoms with Crippen molar-refractivity contribution >= 4 is 5.78 Å². The molecule has 0 aliphatic heterocycles. The molecule has 1 aliphatic carbocycles. The SMILES string of the molecule is CC(=O)c1cccc(C2(c3ccccn3)c3ccccc3-c3ccccc32)c1. The summed E-state index contributed by atoms with van der Waals surface area (Å²) in [5, 5.41) is 0. The molecule has 0 saturated carbocycles. The first kappa shape index (κ1) is 16.6. The number of nitrogens with zero attached hydrogens (tertiary/aromatic N) is 1. The van der Waals surface area contributed by atoms with E-state index < -0.39 is 5.41 Å². The zero-order valence-electron chi connectivity index (χ0n) is 15.6. The van der Waals surface area contributed by atoms with Crippen LogP contribution >= 0.6 is 0 Å². The van der Waals surface area contributed by atoms with Gasteiger partial charge in [-0.25, -0.2) is 0 Å². The Hall–Kier alpha value is -3.52. The largest absolute Gasteiger partial charge is 0.295 e. The molecule has 5 rings (SSSR count). The number of hydrogen-bond donors (Lipinski definition) is 0. The van der Waals surface area contributed by atoms with E-state index in [1.807, 2.05) is 36.5 Å². The molecule has 0 N–H and O–H groups in total. The van der Waals surface area contributed by atoms with Crippen molar-refractivity contribution in [1.29, 1.82) is 0 Å². The summed E-state index contributed by atoms with van der Waals surface area (Å²) in [6.45, 7) is 1.61. The molecule has 1 aromatic heterocycles. The Labute approximate surface area is 164 Å². The molecular formula is C26H19NO. The van der Waals surface area contributed by atoms with Crippen LogP contribution in [0, 0.1) is 0 Å². The monoisotopic (exact) mass is 361 g/mol. The number of rotatable bonds is 3. The van der Waals surface area contributed by atoms with Gasteiger partial charge in [0, 0.05) is 11.8 Å². The standard InChI is InChI=1S/C26H19NO/c1-18(28)19-9-8-10-20(17-19)26(25-15-6-7-16-27-25)23-13-4-2-11-21(23)22-12-3-5-14-24(22)26/h2-17H,1H3. The van der Waals surface area contributed by atoms with E-state index in [2.05, 4.69) is 60.7 Å². The zero-order chi connectivity index (χ0) is 19.1. The average Bonchev–Trinajstić information content (AvgIpc) is 3.06. The highest BCUT2D eigenvalue weighted by atomic mass is 16.1. The van der Waals surface area contributed by atoms with Crippen molar-refractivity contribution in [1.82, 2.24) is 4.98 Å². The van der Waals surface area contributed by atoms with Gasteiger partial charge in [0.15, 0.2) is 5.78 Å². The van der Waals surface area contributed by atoms with E-state index in [-0.39, 0.29) is 5.78 Å². The molecule has 3 aromatic carbocycles. The number of benzene rings is 3. The number of fused-ring (bicyclic) bond motifs is 3. The van der Waals surface area contributed by atoms with E-state index in [9.17, 15) is 4.79 Å². The molecule has 0 bridgehead atoms. The Morgan fingerprint density at radius 2 is 1.39 bits per heavy atom. The van der Waals surface area contributed by atoms with Crippen LogP contribution in [-0.2, 0) is 5.41 Å². The molecular weight excluding hydrogens is 342 g/mol. The quantitative estimate of drug-likeness (QED) is 0.389. The van der Waals surface area contributed by atoms with E-state index in [4.69, 9.17) is 4.98 Å². The molecule has 4 aromatic rings. The van der Waals surface area contributed by atoms with Crippen LogP contribution in [0.4, 0.5) is 0 Å². The summed E-state index contributed by atoms with van der Waals surface area (Å²) in [7, 11) is 0. The molecule has 0 amide bonds. The van der Waals surface area contributed by atoms with Gasteiger partial charge in [0.2, 0.25) is 0 Å². The van der Waals surface area contributed by atoms with Crippen LogP contribution in [0.3, 0.4) is 0 Å². The van der Waals surface area contributed by atoms with Crippen molar-refractivity contribution in [2.24, 2.45) is 0 Å². The number of Topliss-reactive ketones (excluding diaryl/α,β-unsaturated/α-hetero) is 1. The van der Waals surface area contributed by atoms with Crippen molar-refractivity contribution in [2.75, 3.05) is 0 Å². The topological polar surface area (TPSA) is 30.0 Å². The van der Waals surface area contributed by atoms with E-state index in [0.29, 0.717) is 0 Å². The van der Waals surface area contributed by atoms with Crippen LogP contribution in [0.1, 0.15) is 39.7 Å². The fraction of sp³-hybridized carbons (Fsp3) is 0.0769. The van der Waals surface area contributed by atoms with Gasteiger partial charge in [-0.2, -0.15) is 0 Å². The van der Waals surface area contributed by atoms with Gasteiger partial charge in [0.1, 0.15) is 0 Å². The minimum atomic E-state index is -0.542. The summed E-state index contributed by atoms with van der Waals surface area (Å²) in [6.07, 6.45) is 1.84. The summed E-state index contributed by atoms with van der Waals surface area (Å²) < 4.78 is 0. The van der Waals surface area contributed by atoms with Gasteiger partial charge in [0.05, 0.1) is 11.1 Å². The van der Waals surface area contributed by atoms with Gasteiger partial charge in [-0.05, 0) is 52.9 Å². The van der Waals surface area contributed by atoms with Crippen molar-refractivity contribution < 1.29 is 4.79 Å². The summed E-state index contributed by atoms with van der Waals surface area (Å²) >= 11 is 0. The highest BCUT2D eigenvalue weighted by Gasteiger charge is 2.46. The normalized spacial score (nSPS) is 13.6. The molecule has 2 nitrogen and oxygen atoms in total. The van der Waals surface area contributed by atoms with Crippen molar-refractivity contribution in [3.05, 3.63) is 125 Å². The third kappa shape index (κ3) is 2.21. The lowest BCUT2D eigenvalue weighted by Gasteiger charge is -2.32. The van der Waals surface area contributed by atoms with Gasteiger partial charge in [-0.1, -0.05) is 72.8 Å². The van der Waals surface area contributed by atoms with E-state index >= 15 is 0 Å². The first-order chi connectivity index (χ1) is 13.7. The summed E-state index contributed by atoms with van der Waals surface area (Å²) in [5.74, 6) is 0.0672. The molecule has 0 spiro atoms. The molecule has 1 aliphatic rings. The van der Waals surface area contributed by atoms with E-state index in [1.165, 1.54) is 22.3 Å². The zero-order valence-corrected chi connectivity index (χ0v) is 15.6. The molecule has 0 atom stereocenters. The van der Waals surface area contributed by atoms with Crippen LogP contribution < -0.4 is 0 Å². The lowest BCUT2D eigenvalue weighted by Crippen LogP contribution is -2.30. The Balaban J connectivity index is 1.95. The van der Waals surface area contributed by atoms with E-state index in [1.54, 1.807) is 6.92 Å². The number of hydrogen-bond acceptors (Lipinski definition) is 2. The van der Waals surface area contributed by atoms with Crippen molar-refractivity contribution in [3.8, 4) is 11.1 Å². The number of pyridine rings is 1. The van der Waals surface area contributed by atoms with Crippen LogP contribution in [0.25, 0.3) is 11.1 Å². The Morgan fingerprint density at radius 3 is 2.00 bits per heavy atom. The Morgan fingerprint density at radius 1 is 0.750 bits per heavy atom. The fourth-order valence-electron chi connectivity index (χ4n) is 4.53. The van der Waals surface area contributed by atoms with Crippen LogP contribution in [0.15, 0.2) is 97.2 Å². The minimum absolute atomic E-state index is 0.0672. The van der Waals surface area contributed by atoms with Gasteiger partial charge >= 0.3 is 0 Å². The smallest absolute Gasteiger partial charge is 0.159 e. The number of carbonyl (C=O) groups is 1. The van der Waals surface area contributed by atoms with Gasteiger partial charge in [-0.15, -0.1) is 0 Å².